The van der Waals surface area contributed by atoms with E-state index in [-0.39, 0.29) is 12.8 Å². The lowest BCUT2D eigenvalue weighted by Gasteiger charge is -2.41. The zero-order valence-corrected chi connectivity index (χ0v) is 36.4. The largest absolute Gasteiger partial charge is 0.472 e. The van der Waals surface area contributed by atoms with Crippen molar-refractivity contribution in [3.8, 4) is 0 Å². The van der Waals surface area contributed by atoms with E-state index >= 15 is 0 Å². The quantitative estimate of drug-likeness (QED) is 0.0157. The Morgan fingerprint density at radius 3 is 1.47 bits per heavy atom. The molecule has 1 aliphatic carbocycles. The van der Waals surface area contributed by atoms with Gasteiger partial charge in [0.1, 0.15) is 43.2 Å². The molecule has 0 heterocycles. The molecular formula is C45H75O13P. The van der Waals surface area contributed by atoms with Gasteiger partial charge in [-0.15, -0.1) is 0 Å². The molecule has 1 aliphatic rings. The molecule has 0 spiro atoms. The first kappa shape index (κ1) is 54.3. The highest BCUT2D eigenvalue weighted by atomic mass is 31.2. The van der Waals surface area contributed by atoms with Gasteiger partial charge in [-0.1, -0.05) is 125 Å². The lowest BCUT2D eigenvalue weighted by atomic mass is 9.85. The topological polar surface area (TPSA) is 210 Å². The van der Waals surface area contributed by atoms with Crippen LogP contribution >= 0.6 is 7.82 Å². The van der Waals surface area contributed by atoms with Crippen LogP contribution in [-0.2, 0) is 32.7 Å². The Kier molecular flexibility index (Phi) is 32.2. The smallest absolute Gasteiger partial charge is 0.462 e. The summed E-state index contributed by atoms with van der Waals surface area (Å²) in [5.74, 6) is -1.15. The van der Waals surface area contributed by atoms with E-state index in [4.69, 9.17) is 18.5 Å². The Labute approximate surface area is 353 Å². The molecule has 0 aliphatic heterocycles. The molecule has 6 N–H and O–H groups in total. The Balaban J connectivity index is 2.52. The summed E-state index contributed by atoms with van der Waals surface area (Å²) < 4.78 is 33.4. The number of unbranched alkanes of at least 4 members (excludes halogenated alkanes) is 10. The molecule has 14 heteroatoms. The van der Waals surface area contributed by atoms with Crippen LogP contribution < -0.4 is 0 Å². The summed E-state index contributed by atoms with van der Waals surface area (Å²) in [5, 5.41) is 50.1. The molecule has 1 fully saturated rings. The van der Waals surface area contributed by atoms with Crippen molar-refractivity contribution in [1.82, 2.24) is 0 Å². The average molecular weight is 855 g/mol. The van der Waals surface area contributed by atoms with Gasteiger partial charge in [0, 0.05) is 12.8 Å². The first-order chi connectivity index (χ1) is 28.4. The molecule has 1 saturated carbocycles. The number of phosphoric acid groups is 1. The number of allylic oxidation sites excluding steroid dienone is 12. The Morgan fingerprint density at radius 1 is 0.542 bits per heavy atom. The monoisotopic (exact) mass is 854 g/mol. The minimum atomic E-state index is -5.13. The van der Waals surface area contributed by atoms with Crippen molar-refractivity contribution >= 4 is 19.8 Å². The lowest BCUT2D eigenvalue weighted by Crippen LogP contribution is -2.64. The molecule has 0 amide bonds. The van der Waals surface area contributed by atoms with E-state index in [9.17, 15) is 44.6 Å². The first-order valence-corrected chi connectivity index (χ1v) is 23.2. The maximum Gasteiger partial charge on any atom is 0.472 e. The summed E-state index contributed by atoms with van der Waals surface area (Å²) in [6.45, 7) is 3.06. The van der Waals surface area contributed by atoms with E-state index in [1.807, 2.05) is 0 Å². The fourth-order valence-corrected chi connectivity index (χ4v) is 6.99. The normalized spacial score (nSPS) is 23.1. The van der Waals surface area contributed by atoms with Crippen molar-refractivity contribution in [2.75, 3.05) is 13.2 Å². The fraction of sp³-hybridized carbons (Fsp3) is 0.689. The molecule has 6 atom stereocenters. The van der Waals surface area contributed by atoms with Crippen molar-refractivity contribution in [3.05, 3.63) is 72.9 Å². The summed E-state index contributed by atoms with van der Waals surface area (Å²) in [6.07, 6.45) is 29.6. The van der Waals surface area contributed by atoms with Crippen LogP contribution in [-0.4, -0.2) is 98.3 Å². The highest BCUT2D eigenvalue weighted by Gasteiger charge is 2.51. The molecular weight excluding hydrogens is 779 g/mol. The number of ether oxygens (including phenoxy) is 2. The maximum absolute atomic E-state index is 12.8. The highest BCUT2D eigenvalue weighted by molar-refractivity contribution is 7.47. The third-order valence-corrected chi connectivity index (χ3v) is 10.5. The van der Waals surface area contributed by atoms with E-state index < -0.39 is 75.7 Å². The van der Waals surface area contributed by atoms with Crippen LogP contribution in [0.3, 0.4) is 0 Å². The zero-order chi connectivity index (χ0) is 43.6. The molecule has 0 bridgehead atoms. The van der Waals surface area contributed by atoms with Crippen molar-refractivity contribution < 1.29 is 63.1 Å². The Bertz CT molecular complexity index is 1310. The van der Waals surface area contributed by atoms with E-state index in [0.717, 1.165) is 103 Å². The van der Waals surface area contributed by atoms with Gasteiger partial charge in [0.25, 0.3) is 0 Å². The van der Waals surface area contributed by atoms with Crippen LogP contribution in [0.1, 0.15) is 142 Å². The Hall–Kier alpha value is -2.71. The van der Waals surface area contributed by atoms with Crippen molar-refractivity contribution in [1.29, 1.82) is 0 Å². The van der Waals surface area contributed by atoms with Crippen LogP contribution in [0.5, 0.6) is 0 Å². The summed E-state index contributed by atoms with van der Waals surface area (Å²) in [7, 11) is -5.13. The van der Waals surface area contributed by atoms with Gasteiger partial charge in [-0.25, -0.2) is 4.57 Å². The van der Waals surface area contributed by atoms with Gasteiger partial charge < -0.3 is 39.9 Å². The van der Waals surface area contributed by atoms with Crippen LogP contribution in [0.4, 0.5) is 0 Å². The van der Waals surface area contributed by atoms with E-state index in [2.05, 4.69) is 86.8 Å². The van der Waals surface area contributed by atoms with Crippen LogP contribution in [0.2, 0.25) is 0 Å². The Morgan fingerprint density at radius 2 is 0.966 bits per heavy atom. The molecule has 0 aromatic heterocycles. The molecule has 0 aromatic rings. The number of esters is 2. The van der Waals surface area contributed by atoms with Gasteiger partial charge in [0.2, 0.25) is 0 Å². The number of hydrogen-bond acceptors (Lipinski definition) is 12. The average Bonchev–Trinajstić information content (AvgIpc) is 3.21. The number of aliphatic hydroxyl groups excluding tert-OH is 5. The number of hydrogen-bond donors (Lipinski definition) is 6. The molecule has 1 rings (SSSR count). The second kappa shape index (κ2) is 34.9. The molecule has 0 aromatic carbocycles. The van der Waals surface area contributed by atoms with Crippen molar-refractivity contribution in [3.63, 3.8) is 0 Å². The van der Waals surface area contributed by atoms with E-state index in [1.54, 1.807) is 0 Å². The lowest BCUT2D eigenvalue weighted by molar-refractivity contribution is -0.220. The van der Waals surface area contributed by atoms with Crippen LogP contribution in [0, 0.1) is 0 Å². The second-order valence-corrected chi connectivity index (χ2v) is 16.2. The summed E-state index contributed by atoms with van der Waals surface area (Å²) in [4.78, 5) is 35.6. The van der Waals surface area contributed by atoms with Crippen LogP contribution in [0.25, 0.3) is 0 Å². The number of aliphatic hydroxyl groups is 5. The molecule has 59 heavy (non-hydrogen) atoms. The van der Waals surface area contributed by atoms with Gasteiger partial charge in [-0.2, -0.15) is 0 Å². The van der Waals surface area contributed by atoms with Gasteiger partial charge in [0.05, 0.1) is 6.61 Å². The van der Waals surface area contributed by atoms with Crippen molar-refractivity contribution in [2.45, 2.75) is 185 Å². The van der Waals surface area contributed by atoms with E-state index in [0.29, 0.717) is 12.8 Å². The van der Waals surface area contributed by atoms with Gasteiger partial charge >= 0.3 is 19.8 Å². The zero-order valence-electron chi connectivity index (χ0n) is 35.5. The number of carbonyl (C=O) groups is 2. The third-order valence-electron chi connectivity index (χ3n) is 9.51. The maximum atomic E-state index is 12.8. The number of phosphoric ester groups is 1. The highest BCUT2D eigenvalue weighted by Crippen LogP contribution is 2.47. The first-order valence-electron chi connectivity index (χ1n) is 21.7. The van der Waals surface area contributed by atoms with Crippen LogP contribution in [0.15, 0.2) is 72.9 Å². The summed E-state index contributed by atoms with van der Waals surface area (Å²) >= 11 is 0. The van der Waals surface area contributed by atoms with Crippen molar-refractivity contribution in [2.24, 2.45) is 0 Å². The molecule has 6 unspecified atom stereocenters. The summed E-state index contributed by atoms with van der Waals surface area (Å²) in [6, 6.07) is 0. The number of rotatable bonds is 34. The minimum absolute atomic E-state index is 0.0616. The third kappa shape index (κ3) is 27.7. The molecule has 338 valence electrons. The number of carbonyl (C=O) groups excluding carboxylic acids is 2. The molecule has 13 nitrogen and oxygen atoms in total. The standard InChI is InChI=1S/C45H75O13P/c1-3-5-7-9-11-13-15-17-18-19-20-22-24-26-28-30-32-34-39(47)57-37(36-56-59(53,54)58-45-43(51)41(49)40(48)42(50)44(45)52)35-55-38(46)33-31-29-27-25-23-21-16-14-12-10-8-6-4-2/h5,7-8,10-11,13-14,16-18,20,22,37,40-45,48-52H,3-4,6,9,12,15,19,21,23-36H2,1-2H3,(H,53,54)/b7-5-,10-8-,13-11-,16-14-,18-17-,22-20-. The van der Waals surface area contributed by atoms with Gasteiger partial charge in [0.15, 0.2) is 6.10 Å². The SMILES string of the molecule is CC/C=C\C/C=C\C/C=C\C/C=C\CCCCCCC(=O)OC(COC(=O)CCCCCCC/C=C\C/C=C\CCC)COP(=O)(O)OC1C(O)C(O)C(O)C(O)C1O. The molecule has 0 radical (unpaired) electrons. The minimum Gasteiger partial charge on any atom is -0.462 e. The van der Waals surface area contributed by atoms with Gasteiger partial charge in [-0.05, 0) is 77.0 Å². The van der Waals surface area contributed by atoms with E-state index in [1.165, 1.54) is 0 Å². The predicted octanol–water partition coefficient (Wildman–Crippen LogP) is 7.94. The van der Waals surface area contributed by atoms with Gasteiger partial charge in [-0.3, -0.25) is 18.6 Å². The fourth-order valence-electron chi connectivity index (χ4n) is 6.02. The second-order valence-electron chi connectivity index (χ2n) is 14.8. The predicted molar refractivity (Wildman–Crippen MR) is 230 cm³/mol. The molecule has 0 saturated heterocycles. The summed E-state index contributed by atoms with van der Waals surface area (Å²) in [5.41, 5.74) is 0.